The van der Waals surface area contributed by atoms with E-state index in [1.165, 1.54) is 18.5 Å². The molecule has 0 spiro atoms. The smallest absolute Gasteiger partial charge is 0.265 e. The number of nitriles is 1. The number of nitrogens with one attached hydrogen (secondary N) is 1. The summed E-state index contributed by atoms with van der Waals surface area (Å²) in [6.45, 7) is 4.49. The highest BCUT2D eigenvalue weighted by molar-refractivity contribution is 7.90. The summed E-state index contributed by atoms with van der Waals surface area (Å²) in [5.41, 5.74) is -0.208. The lowest BCUT2D eigenvalue weighted by molar-refractivity contribution is -0.168. The van der Waals surface area contributed by atoms with E-state index in [9.17, 15) is 13.2 Å². The lowest BCUT2D eigenvalue weighted by atomic mass is 9.40. The molecule has 0 aromatic carbocycles. The van der Waals surface area contributed by atoms with Crippen LogP contribution in [0.5, 0.6) is 0 Å². The standard InChI is InChI=1S/C19H23N3O3S/c1-17-4-14-5-18(2,10-17)12-19(6-14,11-17)16(23)22-26(24,25)15-3-13(7-20)8-21-9-15/h3,8-9,14H,4-6,10-12H2,1-2H3,(H,22,23). The molecule has 4 aliphatic carbocycles. The Kier molecular flexibility index (Phi) is 3.55. The molecule has 1 heterocycles. The van der Waals surface area contributed by atoms with Crippen molar-refractivity contribution in [3.63, 3.8) is 0 Å². The molecule has 26 heavy (non-hydrogen) atoms. The van der Waals surface area contributed by atoms with Gasteiger partial charge in [-0.05, 0) is 61.3 Å². The molecule has 0 radical (unpaired) electrons. The average molecular weight is 373 g/mol. The quantitative estimate of drug-likeness (QED) is 0.878. The number of carbonyl (C=O) groups is 1. The minimum absolute atomic E-state index is 0.123. The van der Waals surface area contributed by atoms with Crippen molar-refractivity contribution in [2.24, 2.45) is 22.2 Å². The van der Waals surface area contributed by atoms with E-state index in [1.54, 1.807) is 0 Å². The molecular formula is C19H23N3O3S. The number of aromatic nitrogens is 1. The number of nitrogens with zero attached hydrogens (tertiary/aromatic N) is 2. The zero-order valence-electron chi connectivity index (χ0n) is 15.1. The van der Waals surface area contributed by atoms with Gasteiger partial charge in [-0.1, -0.05) is 13.8 Å². The van der Waals surface area contributed by atoms with Crippen molar-refractivity contribution in [3.05, 3.63) is 24.0 Å². The van der Waals surface area contributed by atoms with Crippen molar-refractivity contribution in [1.82, 2.24) is 9.71 Å². The molecule has 4 bridgehead atoms. The molecule has 4 fully saturated rings. The fourth-order valence-corrected chi connectivity index (χ4v) is 7.68. The maximum absolute atomic E-state index is 13.1. The van der Waals surface area contributed by atoms with Crippen LogP contribution < -0.4 is 4.72 Å². The third kappa shape index (κ3) is 2.71. The number of carbonyl (C=O) groups excluding carboxylic acids is 1. The predicted molar refractivity (Wildman–Crippen MR) is 94.1 cm³/mol. The van der Waals surface area contributed by atoms with Gasteiger partial charge in [-0.3, -0.25) is 9.78 Å². The van der Waals surface area contributed by atoms with Crippen molar-refractivity contribution in [1.29, 1.82) is 5.26 Å². The molecule has 2 unspecified atom stereocenters. The highest BCUT2D eigenvalue weighted by Gasteiger charge is 2.63. The van der Waals surface area contributed by atoms with Crippen molar-refractivity contribution >= 4 is 15.9 Å². The van der Waals surface area contributed by atoms with Gasteiger partial charge in [0, 0.05) is 12.4 Å². The van der Waals surface area contributed by atoms with Crippen molar-refractivity contribution in [2.75, 3.05) is 0 Å². The van der Waals surface area contributed by atoms with Crippen LogP contribution in [0.1, 0.15) is 57.9 Å². The van der Waals surface area contributed by atoms with Gasteiger partial charge in [0.2, 0.25) is 5.91 Å². The van der Waals surface area contributed by atoms with E-state index < -0.39 is 15.4 Å². The number of pyridine rings is 1. The Morgan fingerprint density at radius 3 is 2.42 bits per heavy atom. The van der Waals surface area contributed by atoms with Crippen LogP contribution in [0, 0.1) is 33.5 Å². The molecule has 7 heteroatoms. The van der Waals surface area contributed by atoms with Gasteiger partial charge in [-0.25, -0.2) is 13.1 Å². The molecular weight excluding hydrogens is 350 g/mol. The normalized spacial score (nSPS) is 38.0. The van der Waals surface area contributed by atoms with Crippen LogP contribution in [-0.2, 0) is 14.8 Å². The largest absolute Gasteiger partial charge is 0.273 e. The molecule has 5 rings (SSSR count). The second-order valence-corrected chi connectivity index (χ2v) is 11.0. The zero-order chi connectivity index (χ0) is 18.8. The van der Waals surface area contributed by atoms with Crippen molar-refractivity contribution < 1.29 is 13.2 Å². The summed E-state index contributed by atoms with van der Waals surface area (Å²) in [4.78, 5) is 16.8. The summed E-state index contributed by atoms with van der Waals surface area (Å²) in [5, 5.41) is 8.95. The Balaban J connectivity index is 1.63. The summed E-state index contributed by atoms with van der Waals surface area (Å²) in [7, 11) is -4.04. The van der Waals surface area contributed by atoms with Gasteiger partial charge in [0.1, 0.15) is 11.0 Å². The fraction of sp³-hybridized carbons (Fsp3) is 0.632. The molecule has 1 aromatic heterocycles. The average Bonchev–Trinajstić information content (AvgIpc) is 2.51. The van der Waals surface area contributed by atoms with Gasteiger partial charge in [-0.15, -0.1) is 0 Å². The molecule has 0 saturated heterocycles. The number of rotatable bonds is 3. The molecule has 4 aliphatic rings. The number of hydrogen-bond donors (Lipinski definition) is 1. The topological polar surface area (TPSA) is 99.9 Å². The van der Waals surface area contributed by atoms with E-state index in [4.69, 9.17) is 5.26 Å². The summed E-state index contributed by atoms with van der Waals surface area (Å²) < 4.78 is 27.7. The zero-order valence-corrected chi connectivity index (χ0v) is 15.9. The Labute approximate surface area is 154 Å². The van der Waals surface area contributed by atoms with Crippen molar-refractivity contribution in [2.45, 2.75) is 57.3 Å². The van der Waals surface area contributed by atoms with Crippen LogP contribution in [0.2, 0.25) is 0 Å². The molecule has 1 aromatic rings. The summed E-state index contributed by atoms with van der Waals surface area (Å²) >= 11 is 0. The highest BCUT2D eigenvalue weighted by Crippen LogP contribution is 2.69. The number of sulfonamides is 1. The molecule has 1 N–H and O–H groups in total. The Hall–Kier alpha value is -1.94. The van der Waals surface area contributed by atoms with Crippen LogP contribution in [-0.4, -0.2) is 19.3 Å². The minimum atomic E-state index is -4.04. The van der Waals surface area contributed by atoms with Gasteiger partial charge < -0.3 is 0 Å². The molecule has 6 nitrogen and oxygen atoms in total. The highest BCUT2D eigenvalue weighted by atomic mass is 32.2. The van der Waals surface area contributed by atoms with E-state index in [-0.39, 0.29) is 27.2 Å². The van der Waals surface area contributed by atoms with Crippen LogP contribution in [0.3, 0.4) is 0 Å². The third-order valence-electron chi connectivity index (χ3n) is 6.49. The molecule has 1 amide bonds. The van der Waals surface area contributed by atoms with E-state index in [0.717, 1.165) is 38.5 Å². The SMILES string of the molecule is CC12CC3CC(C)(C1)CC(C(=O)NS(=O)(=O)c1cncc(C#N)c1)(C3)C2. The summed E-state index contributed by atoms with van der Waals surface area (Å²) in [6, 6.07) is 3.11. The summed E-state index contributed by atoms with van der Waals surface area (Å²) in [6.07, 6.45) is 8.13. The first-order valence-corrected chi connectivity index (χ1v) is 10.5. The van der Waals surface area contributed by atoms with Gasteiger partial charge in [0.25, 0.3) is 10.0 Å². The van der Waals surface area contributed by atoms with Gasteiger partial charge in [-0.2, -0.15) is 5.26 Å². The van der Waals surface area contributed by atoms with E-state index >= 15 is 0 Å². The van der Waals surface area contributed by atoms with Crippen LogP contribution in [0.15, 0.2) is 23.4 Å². The predicted octanol–water partition coefficient (Wildman–Crippen LogP) is 2.75. The monoisotopic (exact) mass is 373 g/mol. The fourth-order valence-electron chi connectivity index (χ4n) is 6.62. The van der Waals surface area contributed by atoms with Gasteiger partial charge in [0.15, 0.2) is 0 Å². The second-order valence-electron chi connectivity index (χ2n) is 9.37. The van der Waals surface area contributed by atoms with Gasteiger partial charge in [0.05, 0.1) is 11.0 Å². The number of hydrogen-bond acceptors (Lipinski definition) is 5. The van der Waals surface area contributed by atoms with E-state index in [1.807, 2.05) is 6.07 Å². The first kappa shape index (κ1) is 17.5. The van der Waals surface area contributed by atoms with Crippen LogP contribution >= 0.6 is 0 Å². The van der Waals surface area contributed by atoms with Crippen LogP contribution in [0.25, 0.3) is 0 Å². The molecule has 138 valence electrons. The molecule has 2 atom stereocenters. The summed E-state index contributed by atoms with van der Waals surface area (Å²) in [5.74, 6) is 0.111. The van der Waals surface area contributed by atoms with E-state index in [2.05, 4.69) is 23.6 Å². The lowest BCUT2D eigenvalue weighted by Crippen LogP contribution is -2.60. The lowest BCUT2D eigenvalue weighted by Gasteiger charge is -2.64. The van der Waals surface area contributed by atoms with Crippen molar-refractivity contribution in [3.8, 4) is 6.07 Å². The molecule has 4 saturated carbocycles. The van der Waals surface area contributed by atoms with Gasteiger partial charge >= 0.3 is 0 Å². The maximum Gasteiger partial charge on any atom is 0.265 e. The maximum atomic E-state index is 13.1. The Bertz CT molecular complexity index is 916. The minimum Gasteiger partial charge on any atom is -0.273 e. The van der Waals surface area contributed by atoms with Crippen LogP contribution in [0.4, 0.5) is 0 Å². The first-order valence-electron chi connectivity index (χ1n) is 9.00. The Morgan fingerprint density at radius 2 is 1.85 bits per heavy atom. The molecule has 0 aliphatic heterocycles. The Morgan fingerprint density at radius 1 is 1.19 bits per heavy atom. The second kappa shape index (κ2) is 5.29. The first-order chi connectivity index (χ1) is 12.1. The van der Waals surface area contributed by atoms with E-state index in [0.29, 0.717) is 5.92 Å². The number of amides is 1. The third-order valence-corrected chi connectivity index (χ3v) is 7.79.